The summed E-state index contributed by atoms with van der Waals surface area (Å²) in [5.74, 6) is 0.131. The van der Waals surface area contributed by atoms with Crippen LogP contribution in [0.3, 0.4) is 0 Å². The Hall–Kier alpha value is -4.49. The fourth-order valence-electron chi connectivity index (χ4n) is 5.82. The second kappa shape index (κ2) is 16.7. The second-order valence-electron chi connectivity index (χ2n) is 12.5. The van der Waals surface area contributed by atoms with Crippen LogP contribution in [-0.4, -0.2) is 37.3 Å². The Morgan fingerprint density at radius 1 is 0.863 bits per heavy atom. The summed E-state index contributed by atoms with van der Waals surface area (Å²) < 4.78 is 42.5. The lowest BCUT2D eigenvalue weighted by atomic mass is 10.0. The van der Waals surface area contributed by atoms with Gasteiger partial charge in [0.15, 0.2) is 6.29 Å². The van der Waals surface area contributed by atoms with Gasteiger partial charge in [-0.25, -0.2) is 8.42 Å². The van der Waals surface area contributed by atoms with Gasteiger partial charge in [-0.05, 0) is 66.4 Å². The Kier molecular flexibility index (Phi) is 11.9. The predicted octanol–water partition coefficient (Wildman–Crippen LogP) is 6.94. The van der Waals surface area contributed by atoms with E-state index in [-0.39, 0.29) is 30.1 Å². The molecule has 9 nitrogen and oxygen atoms in total. The van der Waals surface area contributed by atoms with Gasteiger partial charge in [-0.1, -0.05) is 96.6 Å². The number of aliphatic hydroxyl groups is 1. The highest BCUT2D eigenvalue weighted by molar-refractivity contribution is 7.99. The van der Waals surface area contributed by atoms with Crippen molar-refractivity contribution in [2.75, 3.05) is 16.8 Å². The molecule has 1 saturated heterocycles. The molecule has 51 heavy (non-hydrogen) atoms. The van der Waals surface area contributed by atoms with E-state index in [2.05, 4.69) is 10.0 Å². The Balaban J connectivity index is 1.22. The highest BCUT2D eigenvalue weighted by Gasteiger charge is 2.33. The third-order valence-electron chi connectivity index (χ3n) is 8.61. The molecule has 5 aromatic rings. The monoisotopic (exact) mass is 723 g/mol. The minimum absolute atomic E-state index is 0.0482. The summed E-state index contributed by atoms with van der Waals surface area (Å²) in [5, 5.41) is 12.5. The van der Waals surface area contributed by atoms with Crippen molar-refractivity contribution in [1.29, 1.82) is 0 Å². The van der Waals surface area contributed by atoms with Crippen LogP contribution in [0, 0.1) is 6.92 Å². The van der Waals surface area contributed by atoms with Gasteiger partial charge in [-0.2, -0.15) is 4.72 Å². The maximum Gasteiger partial charge on any atom is 0.242 e. The maximum atomic E-state index is 13.8. The number of para-hydroxylation sites is 1. The van der Waals surface area contributed by atoms with Crippen molar-refractivity contribution in [3.05, 3.63) is 155 Å². The molecular formula is C40H41N3O6S2. The molecule has 0 bridgehead atoms. The molecule has 1 unspecified atom stereocenters. The number of nitrogens with two attached hydrogens (primary N) is 1. The summed E-state index contributed by atoms with van der Waals surface area (Å²) in [6.45, 7) is 1.83. The molecule has 0 radical (unpaired) electrons. The van der Waals surface area contributed by atoms with E-state index < -0.39 is 28.3 Å². The number of hydrogen-bond donors (Lipinski definition) is 4. The zero-order valence-corrected chi connectivity index (χ0v) is 29.8. The molecule has 1 amide bonds. The molecule has 1 fully saturated rings. The maximum absolute atomic E-state index is 13.8. The number of carbonyl (C=O) groups excluding carboxylic acids is 1. The normalized spacial score (nSPS) is 18.2. The predicted molar refractivity (Wildman–Crippen MR) is 201 cm³/mol. The zero-order chi connectivity index (χ0) is 35.8. The van der Waals surface area contributed by atoms with Crippen LogP contribution in [0.5, 0.6) is 0 Å². The number of thioether (sulfide) groups is 1. The van der Waals surface area contributed by atoms with Gasteiger partial charge in [0.1, 0.15) is 6.04 Å². The smallest absolute Gasteiger partial charge is 0.242 e. The highest BCUT2D eigenvalue weighted by Crippen LogP contribution is 2.40. The van der Waals surface area contributed by atoms with Gasteiger partial charge >= 0.3 is 0 Å². The molecule has 0 aliphatic carbocycles. The molecular weight excluding hydrogens is 683 g/mol. The number of aliphatic hydroxyl groups excluding tert-OH is 1. The van der Waals surface area contributed by atoms with E-state index in [1.807, 2.05) is 91.9 Å². The first kappa shape index (κ1) is 36.3. The van der Waals surface area contributed by atoms with E-state index in [4.69, 9.17) is 15.2 Å². The Bertz CT molecular complexity index is 2030. The van der Waals surface area contributed by atoms with Gasteiger partial charge in [0.2, 0.25) is 15.9 Å². The molecule has 5 N–H and O–H groups in total. The molecule has 0 saturated carbocycles. The standard InChI is InChI=1S/C40H41N3O6S2/c1-27-14-20-34(21-15-27)51(46,47)43-36(22-28-8-3-2-4-9-28)39(45)42-32-11-7-10-31(23-32)40-48-33(26-50-38-13-6-5-12-35(38)41)24-37(49-40)30-18-16-29(25-44)17-19-30/h2-21,23,33,36-37,40,43-44H,22,24-26,41H2,1H3,(H,42,45)/t33-,36+,37+,40?/m0/s1. The van der Waals surface area contributed by atoms with E-state index in [9.17, 15) is 18.3 Å². The molecule has 264 valence electrons. The lowest BCUT2D eigenvalue weighted by molar-refractivity contribution is -0.245. The first-order valence-corrected chi connectivity index (χ1v) is 19.2. The lowest BCUT2D eigenvalue weighted by Crippen LogP contribution is -2.45. The SMILES string of the molecule is Cc1ccc(S(=O)(=O)N[C@H](Cc2ccccc2)C(=O)Nc2cccc(C3O[C@H](CSc4ccccc4N)C[C@H](c4ccc(CO)cc4)O3)c2)cc1. The number of rotatable bonds is 13. The molecule has 1 aliphatic rings. The first-order chi connectivity index (χ1) is 24.7. The van der Waals surface area contributed by atoms with E-state index in [1.54, 1.807) is 42.1 Å². The largest absolute Gasteiger partial charge is 0.398 e. The molecule has 1 heterocycles. The van der Waals surface area contributed by atoms with Crippen molar-refractivity contribution in [1.82, 2.24) is 4.72 Å². The lowest BCUT2D eigenvalue weighted by Gasteiger charge is -2.36. The third kappa shape index (κ3) is 9.65. The van der Waals surface area contributed by atoms with E-state index in [0.29, 0.717) is 29.1 Å². The minimum Gasteiger partial charge on any atom is -0.398 e. The third-order valence-corrected chi connectivity index (χ3v) is 11.3. The average Bonchev–Trinajstić information content (AvgIpc) is 3.15. The summed E-state index contributed by atoms with van der Waals surface area (Å²) in [5.41, 5.74) is 11.6. The van der Waals surface area contributed by atoms with Crippen molar-refractivity contribution in [3.8, 4) is 0 Å². The van der Waals surface area contributed by atoms with Gasteiger partial charge in [-0.3, -0.25) is 4.79 Å². The first-order valence-electron chi connectivity index (χ1n) is 16.7. The van der Waals surface area contributed by atoms with E-state index in [0.717, 1.165) is 27.1 Å². The van der Waals surface area contributed by atoms with Gasteiger partial charge < -0.3 is 25.6 Å². The number of carbonyl (C=O) groups is 1. The summed E-state index contributed by atoms with van der Waals surface area (Å²) in [4.78, 5) is 14.9. The molecule has 0 spiro atoms. The number of nitrogen functional groups attached to an aromatic ring is 1. The molecule has 4 atom stereocenters. The number of amides is 1. The van der Waals surface area contributed by atoms with Crippen LogP contribution in [-0.2, 0) is 37.3 Å². The van der Waals surface area contributed by atoms with Gasteiger partial charge in [0.25, 0.3) is 0 Å². The van der Waals surface area contributed by atoms with Gasteiger partial charge in [-0.15, -0.1) is 11.8 Å². The Labute approximate surface area is 303 Å². The summed E-state index contributed by atoms with van der Waals surface area (Å²) >= 11 is 1.62. The van der Waals surface area contributed by atoms with Crippen LogP contribution in [0.2, 0.25) is 0 Å². The summed E-state index contributed by atoms with van der Waals surface area (Å²) in [6.07, 6.45) is -0.487. The number of benzene rings is 5. The highest BCUT2D eigenvalue weighted by atomic mass is 32.2. The molecule has 11 heteroatoms. The molecule has 0 aromatic heterocycles. The quantitative estimate of drug-likeness (QED) is 0.0758. The van der Waals surface area contributed by atoms with Crippen LogP contribution < -0.4 is 15.8 Å². The van der Waals surface area contributed by atoms with Crippen molar-refractivity contribution in [3.63, 3.8) is 0 Å². The van der Waals surface area contributed by atoms with Crippen molar-refractivity contribution >= 4 is 39.1 Å². The van der Waals surface area contributed by atoms with E-state index in [1.165, 1.54) is 12.1 Å². The number of aryl methyl sites for hydroxylation is 1. The fourth-order valence-corrected chi connectivity index (χ4v) is 8.01. The van der Waals surface area contributed by atoms with Crippen LogP contribution in [0.25, 0.3) is 0 Å². The number of ether oxygens (including phenoxy) is 2. The van der Waals surface area contributed by atoms with Crippen LogP contribution in [0.15, 0.2) is 137 Å². The average molecular weight is 724 g/mol. The second-order valence-corrected chi connectivity index (χ2v) is 15.3. The molecule has 5 aromatic carbocycles. The Morgan fingerprint density at radius 3 is 2.31 bits per heavy atom. The Morgan fingerprint density at radius 2 is 1.59 bits per heavy atom. The zero-order valence-electron chi connectivity index (χ0n) is 28.1. The van der Waals surface area contributed by atoms with Crippen molar-refractivity contribution < 1.29 is 27.8 Å². The van der Waals surface area contributed by atoms with Crippen LogP contribution in [0.1, 0.15) is 46.6 Å². The van der Waals surface area contributed by atoms with Crippen molar-refractivity contribution in [2.45, 2.75) is 60.7 Å². The van der Waals surface area contributed by atoms with Crippen molar-refractivity contribution in [2.24, 2.45) is 0 Å². The minimum atomic E-state index is -4.01. The molecule has 6 rings (SSSR count). The number of anilines is 2. The number of hydrogen-bond acceptors (Lipinski definition) is 8. The molecule has 1 aliphatic heterocycles. The number of nitrogens with one attached hydrogen (secondary N) is 2. The van der Waals surface area contributed by atoms with Gasteiger partial charge in [0, 0.05) is 34.0 Å². The summed E-state index contributed by atoms with van der Waals surface area (Å²) in [7, 11) is -4.01. The topological polar surface area (TPSA) is 140 Å². The van der Waals surface area contributed by atoms with Crippen LogP contribution in [0.4, 0.5) is 11.4 Å². The van der Waals surface area contributed by atoms with E-state index >= 15 is 0 Å². The van der Waals surface area contributed by atoms with Gasteiger partial charge in [0.05, 0.1) is 23.7 Å². The fraction of sp³-hybridized carbons (Fsp3) is 0.225. The summed E-state index contributed by atoms with van der Waals surface area (Å²) in [6, 6.07) is 37.3. The van der Waals surface area contributed by atoms with Crippen LogP contribution >= 0.6 is 11.8 Å². The number of sulfonamides is 1.